The second kappa shape index (κ2) is 13.9. The van der Waals surface area contributed by atoms with Crippen LogP contribution in [0.5, 0.6) is 6.01 Å². The molecule has 49 heavy (non-hydrogen) atoms. The van der Waals surface area contributed by atoms with Crippen LogP contribution in [-0.2, 0) is 36.9 Å². The monoisotopic (exact) mass is 712 g/mol. The van der Waals surface area contributed by atoms with Crippen molar-refractivity contribution in [1.82, 2.24) is 29.5 Å². The zero-order valence-corrected chi connectivity index (χ0v) is 28.1. The summed E-state index contributed by atoms with van der Waals surface area (Å²) < 4.78 is 81.2. The number of methoxy groups -OCH3 is 1. The number of anilines is 2. The Labute approximate surface area is 285 Å². The second-order valence-corrected chi connectivity index (χ2v) is 13.2. The Morgan fingerprint density at radius 3 is 2.61 bits per heavy atom. The van der Waals surface area contributed by atoms with Gasteiger partial charge in [-0.1, -0.05) is 11.6 Å². The van der Waals surface area contributed by atoms with Gasteiger partial charge in [0.1, 0.15) is 17.1 Å². The third kappa shape index (κ3) is 6.99. The normalized spacial score (nSPS) is 22.1. The van der Waals surface area contributed by atoms with Gasteiger partial charge in [0.05, 0.1) is 42.5 Å². The van der Waals surface area contributed by atoms with Crippen molar-refractivity contribution in [3.8, 4) is 6.01 Å². The van der Waals surface area contributed by atoms with E-state index < -0.39 is 47.1 Å². The average molecular weight is 713 g/mol. The Morgan fingerprint density at radius 2 is 1.92 bits per heavy atom. The Kier molecular flexibility index (Phi) is 9.93. The number of nitrogens with two attached hydrogens (primary N) is 1. The molecule has 266 valence electrons. The average Bonchev–Trinajstić information content (AvgIpc) is 3.68. The highest BCUT2D eigenvalue weighted by Crippen LogP contribution is 2.43. The summed E-state index contributed by atoms with van der Waals surface area (Å²) in [5.41, 5.74) is 5.62. The highest BCUT2D eigenvalue weighted by atomic mass is 35.5. The van der Waals surface area contributed by atoms with Gasteiger partial charge in [0.25, 0.3) is 0 Å². The van der Waals surface area contributed by atoms with Crippen LogP contribution in [0.25, 0.3) is 0 Å². The number of amides is 1. The molecule has 2 saturated heterocycles. The predicted molar refractivity (Wildman–Crippen MR) is 171 cm³/mol. The Hall–Kier alpha value is -3.76. The molecule has 0 aliphatic carbocycles. The third-order valence-electron chi connectivity index (χ3n) is 9.40. The molecule has 1 aromatic carbocycles. The Morgan fingerprint density at radius 1 is 1.14 bits per heavy atom. The summed E-state index contributed by atoms with van der Waals surface area (Å²) in [7, 11) is 4.56. The summed E-state index contributed by atoms with van der Waals surface area (Å²) in [5, 5.41) is 4.60. The first-order valence-electron chi connectivity index (χ1n) is 16.1. The highest BCUT2D eigenvalue weighted by molar-refractivity contribution is 6.31. The molecule has 6 heterocycles. The summed E-state index contributed by atoms with van der Waals surface area (Å²) >= 11 is 6.58. The van der Waals surface area contributed by atoms with E-state index in [1.54, 1.807) is 14.1 Å². The van der Waals surface area contributed by atoms with Gasteiger partial charge in [-0.15, -0.1) is 0 Å². The molecule has 0 spiro atoms. The van der Waals surface area contributed by atoms with Crippen LogP contribution in [0.3, 0.4) is 0 Å². The lowest BCUT2D eigenvalue weighted by Crippen LogP contribution is -2.30. The van der Waals surface area contributed by atoms with Crippen molar-refractivity contribution in [2.24, 2.45) is 0 Å². The van der Waals surface area contributed by atoms with Crippen molar-refractivity contribution < 1.29 is 36.2 Å². The molecule has 0 radical (unpaired) electrons. The molecule has 1 amide bonds. The first-order valence-corrected chi connectivity index (χ1v) is 16.5. The molecule has 0 bridgehead atoms. The van der Waals surface area contributed by atoms with Crippen molar-refractivity contribution in [1.29, 1.82) is 0 Å². The number of benzene rings is 1. The zero-order valence-electron chi connectivity index (χ0n) is 27.4. The summed E-state index contributed by atoms with van der Waals surface area (Å²) in [6.07, 6.45) is -2.24. The highest BCUT2D eigenvalue weighted by Gasteiger charge is 2.40. The van der Waals surface area contributed by atoms with Gasteiger partial charge >= 0.3 is 18.2 Å². The fourth-order valence-corrected chi connectivity index (χ4v) is 7.28. The number of fused-ring (bicyclic) bond motifs is 3. The third-order valence-corrected chi connectivity index (χ3v) is 9.78. The van der Waals surface area contributed by atoms with Gasteiger partial charge in [0, 0.05) is 62.9 Å². The van der Waals surface area contributed by atoms with E-state index in [1.165, 1.54) is 24.9 Å². The van der Waals surface area contributed by atoms with Gasteiger partial charge in [-0.25, -0.2) is 13.6 Å². The summed E-state index contributed by atoms with van der Waals surface area (Å²) in [4.78, 5) is 27.0. The molecule has 3 aromatic rings. The number of aromatic nitrogens is 4. The lowest BCUT2D eigenvalue weighted by molar-refractivity contribution is -0.140. The molecule has 3 unspecified atom stereocenters. The maximum absolute atomic E-state index is 15.0. The minimum Gasteiger partial charge on any atom is -0.467 e. The summed E-state index contributed by atoms with van der Waals surface area (Å²) in [5.74, 6) is -0.733. The van der Waals surface area contributed by atoms with Gasteiger partial charge in [-0.05, 0) is 50.8 Å². The van der Waals surface area contributed by atoms with Gasteiger partial charge < -0.3 is 25.0 Å². The standard InChI is InChI=1S/C25H26ClF4N7O3.C7H12FN/c1-35(2)24(38)37-21(26)12-10-36(8-4-5-16(12)34-37)22-13-11-40-18(9-17(13)32-23(33-22)39-3)19-14(25(28,29)30)6-7-15(31)20(19)27;8-6-4-7-2-1-3-9(7)5-6/h6-7,18H,4-5,8-11,31H2,1-3H3;6-7H,1-5H2. The second-order valence-electron chi connectivity index (χ2n) is 12.8. The van der Waals surface area contributed by atoms with E-state index in [2.05, 4.69) is 20.0 Å². The molecule has 2 aromatic heterocycles. The van der Waals surface area contributed by atoms with Crippen LogP contribution >= 0.6 is 11.6 Å². The number of nitrogen functional groups attached to an aromatic ring is 1. The molecule has 17 heteroatoms. The van der Waals surface area contributed by atoms with Gasteiger partial charge in [0.15, 0.2) is 5.82 Å². The zero-order chi connectivity index (χ0) is 35.2. The van der Waals surface area contributed by atoms with Crippen LogP contribution in [-0.4, -0.2) is 88.6 Å². The minimum atomic E-state index is -4.82. The van der Waals surface area contributed by atoms with E-state index in [1.807, 2.05) is 4.90 Å². The smallest absolute Gasteiger partial charge is 0.416 e. The topological polar surface area (TPSA) is 115 Å². The van der Waals surface area contributed by atoms with Crippen molar-refractivity contribution >= 4 is 29.1 Å². The van der Waals surface area contributed by atoms with Crippen molar-refractivity contribution in [2.45, 2.75) is 76.2 Å². The molecule has 0 saturated carbocycles. The lowest BCUT2D eigenvalue weighted by atomic mass is 9.94. The van der Waals surface area contributed by atoms with E-state index in [0.717, 1.165) is 29.8 Å². The number of nitrogens with zero attached hydrogens (tertiary/aromatic N) is 7. The summed E-state index contributed by atoms with van der Waals surface area (Å²) in [6, 6.07) is 1.84. The molecular formula is C32H38ClF5N8O3. The molecule has 4 aliphatic heterocycles. The number of rotatable bonds is 3. The maximum Gasteiger partial charge on any atom is 0.416 e. The Bertz CT molecular complexity index is 1710. The quantitative estimate of drug-likeness (QED) is 0.275. The van der Waals surface area contributed by atoms with E-state index in [9.17, 15) is 26.7 Å². The minimum absolute atomic E-state index is 0.00691. The Balaban J connectivity index is 0.000000396. The fourth-order valence-electron chi connectivity index (χ4n) is 7.00. The predicted octanol–water partition coefficient (Wildman–Crippen LogP) is 5.56. The molecule has 3 atom stereocenters. The number of aryl methyl sites for hydroxylation is 1. The maximum atomic E-state index is 15.0. The number of carbonyl (C=O) groups is 1. The van der Waals surface area contributed by atoms with E-state index in [0.29, 0.717) is 60.3 Å². The van der Waals surface area contributed by atoms with Gasteiger partial charge in [-0.2, -0.15) is 32.9 Å². The molecule has 11 nitrogen and oxygen atoms in total. The number of carbonyl (C=O) groups excluding carboxylic acids is 1. The SMILES string of the molecule is COc1nc2c(c(N3CCCc4nn(C(=O)N(C)C)c(Cl)c4C3)n1)COC(c1c(C(F)(F)F)ccc(N)c1F)C2.FC1CC2CCCN2C1. The van der Waals surface area contributed by atoms with E-state index in [4.69, 9.17) is 26.8 Å². The fraction of sp³-hybridized carbons (Fsp3) is 0.562. The number of hydrogen-bond donors (Lipinski definition) is 1. The molecular weight excluding hydrogens is 675 g/mol. The summed E-state index contributed by atoms with van der Waals surface area (Å²) in [6.45, 7) is 2.47. The van der Waals surface area contributed by atoms with Crippen LogP contribution in [0.2, 0.25) is 5.15 Å². The van der Waals surface area contributed by atoms with Crippen LogP contribution in [0.1, 0.15) is 65.4 Å². The van der Waals surface area contributed by atoms with Crippen molar-refractivity contribution in [3.05, 3.63) is 56.7 Å². The number of alkyl halides is 4. The number of halogens is 6. The van der Waals surface area contributed by atoms with Crippen LogP contribution in [0.15, 0.2) is 12.1 Å². The first-order chi connectivity index (χ1) is 23.3. The molecule has 7 rings (SSSR count). The molecule has 4 aliphatic rings. The molecule has 2 fully saturated rings. The van der Waals surface area contributed by atoms with Crippen molar-refractivity contribution in [2.75, 3.05) is 51.5 Å². The molecule has 2 N–H and O–H groups in total. The number of hydrogen-bond acceptors (Lipinski definition) is 9. The van der Waals surface area contributed by atoms with Gasteiger partial charge in [-0.3, -0.25) is 4.90 Å². The van der Waals surface area contributed by atoms with Crippen LogP contribution in [0.4, 0.5) is 38.3 Å². The van der Waals surface area contributed by atoms with E-state index in [-0.39, 0.29) is 30.7 Å². The van der Waals surface area contributed by atoms with Gasteiger partial charge in [0.2, 0.25) is 0 Å². The first kappa shape index (κ1) is 35.1. The number of ether oxygens (including phenoxy) is 2. The van der Waals surface area contributed by atoms with E-state index >= 15 is 0 Å². The largest absolute Gasteiger partial charge is 0.467 e. The lowest BCUT2D eigenvalue weighted by Gasteiger charge is -2.31. The van der Waals surface area contributed by atoms with Crippen molar-refractivity contribution in [3.63, 3.8) is 0 Å². The van der Waals surface area contributed by atoms with Crippen LogP contribution < -0.4 is 15.4 Å². The van der Waals surface area contributed by atoms with Crippen LogP contribution in [0, 0.1) is 5.82 Å².